The highest BCUT2D eigenvalue weighted by molar-refractivity contribution is 5.89. The van der Waals surface area contributed by atoms with Crippen molar-refractivity contribution in [3.8, 4) is 11.4 Å². The van der Waals surface area contributed by atoms with E-state index in [-0.39, 0.29) is 44.5 Å². The van der Waals surface area contributed by atoms with Gasteiger partial charge >= 0.3 is 6.03 Å². The number of hydrogen-bond acceptors (Lipinski definition) is 9. The van der Waals surface area contributed by atoms with E-state index in [0.717, 1.165) is 22.0 Å². The summed E-state index contributed by atoms with van der Waals surface area (Å²) in [6.45, 7) is 0.544. The molecule has 2 aromatic carbocycles. The number of benzene rings is 2. The Labute approximate surface area is 258 Å². The molecule has 7 rings (SSSR count). The standard InChI is InChI=1S/C32H29N9O4/c42-30-21-40-29(19-38(30)17-23-8-4-10-26-25(23)9-5-11-34-26)41(32(44)36-15-22-6-2-1-3-7-22)39(20-31(40)43)18-24-14-27(37-45-24)28-16-33-12-13-35-28/h1-14,16,29H,15,17-21H2,(H,36,44). The van der Waals surface area contributed by atoms with Gasteiger partial charge in [-0.25, -0.2) is 9.80 Å². The van der Waals surface area contributed by atoms with E-state index in [9.17, 15) is 14.4 Å². The molecule has 13 heteroatoms. The van der Waals surface area contributed by atoms with Crippen molar-refractivity contribution in [3.63, 3.8) is 0 Å². The minimum atomic E-state index is -0.741. The Bertz CT molecular complexity index is 1840. The van der Waals surface area contributed by atoms with Gasteiger partial charge in [-0.1, -0.05) is 53.7 Å². The molecule has 0 saturated carbocycles. The second-order valence-corrected chi connectivity index (χ2v) is 10.8. The molecule has 0 aliphatic carbocycles. The minimum absolute atomic E-state index is 0.0883. The monoisotopic (exact) mass is 603 g/mol. The summed E-state index contributed by atoms with van der Waals surface area (Å²) in [6, 6.07) is 20.5. The third-order valence-electron chi connectivity index (χ3n) is 7.94. The predicted octanol–water partition coefficient (Wildman–Crippen LogP) is 2.82. The average Bonchev–Trinajstić information content (AvgIpc) is 3.54. The summed E-state index contributed by atoms with van der Waals surface area (Å²) < 4.78 is 5.60. The van der Waals surface area contributed by atoms with Crippen LogP contribution in [-0.2, 0) is 29.2 Å². The Kier molecular flexibility index (Phi) is 7.57. The first-order valence-electron chi connectivity index (χ1n) is 14.5. The Balaban J connectivity index is 1.17. The van der Waals surface area contributed by atoms with Crippen LogP contribution >= 0.6 is 0 Å². The van der Waals surface area contributed by atoms with Crippen LogP contribution < -0.4 is 5.32 Å². The van der Waals surface area contributed by atoms with Gasteiger partial charge in [0.15, 0.2) is 5.76 Å². The van der Waals surface area contributed by atoms with Gasteiger partial charge in [0, 0.05) is 43.1 Å². The average molecular weight is 604 g/mol. The fourth-order valence-electron chi connectivity index (χ4n) is 5.76. The van der Waals surface area contributed by atoms with Gasteiger partial charge in [0.05, 0.1) is 31.3 Å². The van der Waals surface area contributed by atoms with E-state index < -0.39 is 12.2 Å². The maximum Gasteiger partial charge on any atom is 0.334 e. The first-order valence-corrected chi connectivity index (χ1v) is 14.5. The Hall–Kier alpha value is -5.69. The van der Waals surface area contributed by atoms with Crippen LogP contribution in [0.2, 0.25) is 0 Å². The number of fused-ring (bicyclic) bond motifs is 2. The number of piperazine rings is 1. The molecule has 2 aliphatic rings. The van der Waals surface area contributed by atoms with Gasteiger partial charge in [0.1, 0.15) is 24.1 Å². The number of rotatable bonds is 7. The molecular weight excluding hydrogens is 574 g/mol. The lowest BCUT2D eigenvalue weighted by molar-refractivity contribution is -0.184. The quantitative estimate of drug-likeness (QED) is 0.297. The summed E-state index contributed by atoms with van der Waals surface area (Å²) in [6.07, 6.45) is 5.69. The third kappa shape index (κ3) is 5.80. The second-order valence-electron chi connectivity index (χ2n) is 10.8. The number of aromatic nitrogens is 4. The first-order chi connectivity index (χ1) is 22.0. The van der Waals surface area contributed by atoms with Crippen molar-refractivity contribution in [2.45, 2.75) is 25.8 Å². The zero-order valence-corrected chi connectivity index (χ0v) is 24.2. The normalized spacial score (nSPS) is 17.1. The number of urea groups is 1. The third-order valence-corrected chi connectivity index (χ3v) is 7.94. The summed E-state index contributed by atoms with van der Waals surface area (Å²) in [5, 5.41) is 11.2. The van der Waals surface area contributed by atoms with Crippen molar-refractivity contribution in [2.75, 3.05) is 19.6 Å². The molecule has 1 unspecified atom stereocenters. The molecule has 1 N–H and O–H groups in total. The number of nitrogens with zero attached hydrogens (tertiary/aromatic N) is 8. The largest absolute Gasteiger partial charge is 0.359 e. The number of hydrazine groups is 1. The van der Waals surface area contributed by atoms with E-state index >= 15 is 0 Å². The molecular formula is C32H29N9O4. The molecule has 45 heavy (non-hydrogen) atoms. The van der Waals surface area contributed by atoms with Gasteiger partial charge in [-0.3, -0.25) is 24.5 Å². The van der Waals surface area contributed by atoms with Gasteiger partial charge < -0.3 is 19.6 Å². The Morgan fingerprint density at radius 2 is 1.78 bits per heavy atom. The summed E-state index contributed by atoms with van der Waals surface area (Å²) in [5.74, 6) is -0.0182. The highest BCUT2D eigenvalue weighted by Crippen LogP contribution is 2.27. The molecule has 2 fully saturated rings. The molecule has 0 radical (unpaired) electrons. The van der Waals surface area contributed by atoms with E-state index in [1.807, 2.05) is 60.7 Å². The van der Waals surface area contributed by atoms with Crippen LogP contribution in [0.15, 0.2) is 96.0 Å². The number of carbonyl (C=O) groups excluding carboxylic acids is 3. The van der Waals surface area contributed by atoms with Gasteiger partial charge in [-0.2, -0.15) is 5.01 Å². The highest BCUT2D eigenvalue weighted by atomic mass is 16.5. The van der Waals surface area contributed by atoms with Gasteiger partial charge in [0.2, 0.25) is 11.8 Å². The van der Waals surface area contributed by atoms with Gasteiger partial charge in [-0.05, 0) is 23.3 Å². The summed E-state index contributed by atoms with van der Waals surface area (Å²) in [5.41, 5.74) is 3.71. The van der Waals surface area contributed by atoms with Crippen LogP contribution in [-0.4, -0.2) is 83.6 Å². The maximum atomic E-state index is 13.9. The van der Waals surface area contributed by atoms with Crippen molar-refractivity contribution in [1.29, 1.82) is 0 Å². The number of carbonyl (C=O) groups is 3. The van der Waals surface area contributed by atoms with Crippen molar-refractivity contribution >= 4 is 28.7 Å². The molecule has 2 saturated heterocycles. The van der Waals surface area contributed by atoms with Crippen LogP contribution in [0.5, 0.6) is 0 Å². The Morgan fingerprint density at radius 1 is 0.889 bits per heavy atom. The fraction of sp³-hybridized carbons (Fsp3) is 0.219. The summed E-state index contributed by atoms with van der Waals surface area (Å²) >= 11 is 0. The molecule has 0 spiro atoms. The molecule has 5 aromatic rings. The summed E-state index contributed by atoms with van der Waals surface area (Å²) in [7, 11) is 0. The SMILES string of the molecule is O=C1CN2C(=O)CN(Cc3cc(-c4cnccn4)no3)N(C(=O)NCc3ccccc3)C2CN1Cc1cccc2ncccc12. The number of nitrogens with one attached hydrogen (secondary N) is 1. The van der Waals surface area contributed by atoms with Crippen molar-refractivity contribution in [1.82, 2.24) is 45.2 Å². The van der Waals surface area contributed by atoms with Crippen molar-refractivity contribution in [3.05, 3.63) is 108 Å². The molecule has 4 amide bonds. The maximum absolute atomic E-state index is 13.9. The van der Waals surface area contributed by atoms with E-state index in [4.69, 9.17) is 4.52 Å². The zero-order valence-electron chi connectivity index (χ0n) is 24.2. The highest BCUT2D eigenvalue weighted by Gasteiger charge is 2.47. The van der Waals surface area contributed by atoms with Gasteiger partial charge in [0.25, 0.3) is 0 Å². The number of hydrogen-bond donors (Lipinski definition) is 1. The van der Waals surface area contributed by atoms with E-state index in [1.165, 1.54) is 9.91 Å². The zero-order chi connectivity index (χ0) is 30.8. The van der Waals surface area contributed by atoms with Crippen molar-refractivity contribution in [2.24, 2.45) is 0 Å². The van der Waals surface area contributed by atoms with Crippen LogP contribution in [0.3, 0.4) is 0 Å². The number of pyridine rings is 1. The lowest BCUT2D eigenvalue weighted by Crippen LogP contribution is -2.73. The predicted molar refractivity (Wildman–Crippen MR) is 161 cm³/mol. The van der Waals surface area contributed by atoms with Crippen LogP contribution in [0.4, 0.5) is 4.79 Å². The second kappa shape index (κ2) is 12.1. The molecule has 3 aromatic heterocycles. The molecule has 226 valence electrons. The van der Waals surface area contributed by atoms with Crippen molar-refractivity contribution < 1.29 is 18.9 Å². The van der Waals surface area contributed by atoms with Gasteiger partial charge in [-0.15, -0.1) is 0 Å². The smallest absolute Gasteiger partial charge is 0.334 e. The topological polar surface area (TPSA) is 141 Å². The van der Waals surface area contributed by atoms with E-state index in [2.05, 4.69) is 25.4 Å². The number of amides is 4. The van der Waals surface area contributed by atoms with E-state index in [1.54, 1.807) is 40.8 Å². The van der Waals surface area contributed by atoms with Crippen LogP contribution in [0.25, 0.3) is 22.3 Å². The molecule has 2 aliphatic heterocycles. The molecule has 13 nitrogen and oxygen atoms in total. The first kappa shape index (κ1) is 28.1. The van der Waals surface area contributed by atoms with Crippen LogP contribution in [0.1, 0.15) is 16.9 Å². The lowest BCUT2D eigenvalue weighted by atomic mass is 10.1. The lowest BCUT2D eigenvalue weighted by Gasteiger charge is -2.52. The van der Waals surface area contributed by atoms with E-state index in [0.29, 0.717) is 23.7 Å². The van der Waals surface area contributed by atoms with Crippen LogP contribution in [0, 0.1) is 0 Å². The minimum Gasteiger partial charge on any atom is -0.359 e. The molecule has 5 heterocycles. The summed E-state index contributed by atoms with van der Waals surface area (Å²) in [4.78, 5) is 56.7. The fourth-order valence-corrected chi connectivity index (χ4v) is 5.76. The Morgan fingerprint density at radius 3 is 2.62 bits per heavy atom. The molecule has 0 bridgehead atoms. The molecule has 1 atom stereocenters.